The third-order valence-electron chi connectivity index (χ3n) is 4.27. The second-order valence-corrected chi connectivity index (χ2v) is 7.03. The summed E-state index contributed by atoms with van der Waals surface area (Å²) in [6, 6.07) is 8.23. The van der Waals surface area contributed by atoms with E-state index in [1.54, 1.807) is 6.92 Å². The van der Waals surface area contributed by atoms with Crippen molar-refractivity contribution in [2.24, 2.45) is 0 Å². The van der Waals surface area contributed by atoms with E-state index in [4.69, 9.17) is 9.47 Å². The summed E-state index contributed by atoms with van der Waals surface area (Å²) in [4.78, 5) is 19.9. The molecular weight excluding hydrogens is 413 g/mol. The number of aliphatic carboxylic acids is 1. The summed E-state index contributed by atoms with van der Waals surface area (Å²) >= 11 is 0. The van der Waals surface area contributed by atoms with Gasteiger partial charge in [0.05, 0.1) is 12.3 Å². The topological polar surface area (TPSA) is 81.5 Å². The van der Waals surface area contributed by atoms with E-state index in [9.17, 15) is 23.1 Å². The van der Waals surface area contributed by atoms with Crippen molar-refractivity contribution in [3.05, 3.63) is 59.9 Å². The van der Waals surface area contributed by atoms with E-state index < -0.39 is 29.0 Å². The van der Waals surface area contributed by atoms with Crippen LogP contribution in [0.2, 0.25) is 0 Å². The van der Waals surface area contributed by atoms with Crippen LogP contribution in [0.3, 0.4) is 0 Å². The second kappa shape index (κ2) is 8.63. The van der Waals surface area contributed by atoms with E-state index >= 15 is 0 Å². The number of halogens is 3. The summed E-state index contributed by atoms with van der Waals surface area (Å²) in [6.45, 7) is 4.70. The normalized spacial score (nSPS) is 11.3. The summed E-state index contributed by atoms with van der Waals surface area (Å²) < 4.78 is 52.2. The Bertz CT molecular complexity index is 1140. The molecule has 0 spiro atoms. The Morgan fingerprint density at radius 2 is 1.77 bits per heavy atom. The second-order valence-electron chi connectivity index (χ2n) is 7.03. The van der Waals surface area contributed by atoms with Crippen LogP contribution in [0.15, 0.2) is 42.5 Å². The molecular formula is C22H19F3N2O4. The highest BCUT2D eigenvalue weighted by atomic mass is 19.2. The Morgan fingerprint density at radius 3 is 2.42 bits per heavy atom. The lowest BCUT2D eigenvalue weighted by Gasteiger charge is -2.21. The van der Waals surface area contributed by atoms with Crippen LogP contribution >= 0.6 is 0 Å². The number of aromatic nitrogens is 2. The minimum atomic E-state index is -1.65. The first-order valence-electron chi connectivity index (χ1n) is 9.30. The van der Waals surface area contributed by atoms with Crippen LogP contribution < -0.4 is 9.47 Å². The van der Waals surface area contributed by atoms with E-state index in [0.29, 0.717) is 12.4 Å². The van der Waals surface area contributed by atoms with Crippen molar-refractivity contribution in [3.8, 4) is 34.3 Å². The zero-order valence-electron chi connectivity index (χ0n) is 16.9. The Balaban J connectivity index is 2.21. The molecule has 3 aromatic rings. The lowest BCUT2D eigenvalue weighted by atomic mass is 10.1. The molecule has 0 unspecified atom stereocenters. The largest absolute Gasteiger partial charge is 0.493 e. The molecule has 6 nitrogen and oxygen atoms in total. The van der Waals surface area contributed by atoms with Crippen LogP contribution in [-0.2, 0) is 4.79 Å². The number of hydrogen-bond donors (Lipinski definition) is 1. The highest BCUT2D eigenvalue weighted by Crippen LogP contribution is 2.34. The minimum absolute atomic E-state index is 0.0701. The van der Waals surface area contributed by atoms with E-state index in [2.05, 4.69) is 9.97 Å². The van der Waals surface area contributed by atoms with Gasteiger partial charge < -0.3 is 14.6 Å². The van der Waals surface area contributed by atoms with Gasteiger partial charge >= 0.3 is 5.97 Å². The summed E-state index contributed by atoms with van der Waals surface area (Å²) in [7, 11) is 0. The lowest BCUT2D eigenvalue weighted by molar-refractivity contribution is -0.152. The SMILES string of the molecule is CCOc1ccc(F)cc1-c1cc(OC(C)(C)C(=O)O)nc(-c2ccc(F)c(F)c2)n1. The lowest BCUT2D eigenvalue weighted by Crippen LogP contribution is -2.38. The predicted molar refractivity (Wildman–Crippen MR) is 106 cm³/mol. The first-order chi connectivity index (χ1) is 14.6. The average molecular weight is 432 g/mol. The van der Waals surface area contributed by atoms with Gasteiger partial charge in [0.1, 0.15) is 11.6 Å². The van der Waals surface area contributed by atoms with Gasteiger partial charge in [-0.15, -0.1) is 0 Å². The monoisotopic (exact) mass is 432 g/mol. The Hall–Kier alpha value is -3.62. The van der Waals surface area contributed by atoms with Crippen molar-refractivity contribution in [2.75, 3.05) is 6.61 Å². The summed E-state index contributed by atoms with van der Waals surface area (Å²) in [5.41, 5.74) is -1.13. The summed E-state index contributed by atoms with van der Waals surface area (Å²) in [5.74, 6) is -3.86. The smallest absolute Gasteiger partial charge is 0.347 e. The molecule has 0 radical (unpaired) electrons. The number of nitrogens with zero attached hydrogens (tertiary/aromatic N) is 2. The number of ether oxygens (including phenoxy) is 2. The number of carboxylic acids is 1. The highest BCUT2D eigenvalue weighted by molar-refractivity contribution is 5.77. The zero-order chi connectivity index (χ0) is 22.8. The molecule has 31 heavy (non-hydrogen) atoms. The van der Waals surface area contributed by atoms with Crippen LogP contribution in [0.25, 0.3) is 22.6 Å². The molecule has 162 valence electrons. The predicted octanol–water partition coefficient (Wildman–Crippen LogP) is 4.87. The quantitative estimate of drug-likeness (QED) is 0.574. The third kappa shape index (κ3) is 4.93. The van der Waals surface area contributed by atoms with Gasteiger partial charge in [0.25, 0.3) is 0 Å². The van der Waals surface area contributed by atoms with Crippen molar-refractivity contribution in [2.45, 2.75) is 26.4 Å². The van der Waals surface area contributed by atoms with Crippen molar-refractivity contribution in [1.82, 2.24) is 9.97 Å². The molecule has 1 N–H and O–H groups in total. The fraction of sp³-hybridized carbons (Fsp3) is 0.227. The molecule has 1 heterocycles. The molecule has 0 amide bonds. The van der Waals surface area contributed by atoms with Crippen LogP contribution in [0.1, 0.15) is 20.8 Å². The average Bonchev–Trinajstić information content (AvgIpc) is 2.71. The van der Waals surface area contributed by atoms with E-state index in [-0.39, 0.29) is 28.5 Å². The Kier molecular flexibility index (Phi) is 6.14. The fourth-order valence-corrected chi connectivity index (χ4v) is 2.67. The number of carboxylic acid groups (broad SMARTS) is 1. The molecule has 2 aromatic carbocycles. The molecule has 9 heteroatoms. The minimum Gasteiger partial charge on any atom is -0.493 e. The standard InChI is InChI=1S/C22H19F3N2O4/c1-4-30-18-8-6-13(23)10-14(18)17-11-19(31-22(2,3)21(28)29)27-20(26-17)12-5-7-15(24)16(25)9-12/h5-11H,4H2,1-3H3,(H,28,29). The van der Waals surface area contributed by atoms with Crippen LogP contribution in [-0.4, -0.2) is 33.3 Å². The number of rotatable bonds is 7. The van der Waals surface area contributed by atoms with Crippen molar-refractivity contribution in [1.29, 1.82) is 0 Å². The van der Waals surface area contributed by atoms with Gasteiger partial charge in [-0.25, -0.2) is 22.9 Å². The molecule has 1 aromatic heterocycles. The zero-order valence-corrected chi connectivity index (χ0v) is 16.9. The maximum atomic E-state index is 14.0. The molecule has 0 atom stereocenters. The van der Waals surface area contributed by atoms with Gasteiger partial charge in [-0.2, -0.15) is 4.98 Å². The van der Waals surface area contributed by atoms with Gasteiger partial charge in [-0.05, 0) is 57.2 Å². The van der Waals surface area contributed by atoms with Gasteiger partial charge in [-0.3, -0.25) is 0 Å². The maximum Gasteiger partial charge on any atom is 0.347 e. The van der Waals surface area contributed by atoms with Crippen molar-refractivity contribution >= 4 is 5.97 Å². The van der Waals surface area contributed by atoms with Crippen molar-refractivity contribution in [3.63, 3.8) is 0 Å². The van der Waals surface area contributed by atoms with Crippen LogP contribution in [0.4, 0.5) is 13.2 Å². The number of carbonyl (C=O) groups is 1. The molecule has 3 rings (SSSR count). The Labute approximate surface area is 176 Å². The van der Waals surface area contributed by atoms with Crippen LogP contribution in [0.5, 0.6) is 11.6 Å². The Morgan fingerprint density at radius 1 is 1.03 bits per heavy atom. The van der Waals surface area contributed by atoms with Gasteiger partial charge in [-0.1, -0.05) is 0 Å². The first-order valence-corrected chi connectivity index (χ1v) is 9.30. The highest BCUT2D eigenvalue weighted by Gasteiger charge is 2.30. The number of hydrogen-bond acceptors (Lipinski definition) is 5. The molecule has 0 bridgehead atoms. The summed E-state index contributed by atoms with van der Waals surface area (Å²) in [6.07, 6.45) is 0. The molecule has 0 fully saturated rings. The van der Waals surface area contributed by atoms with Gasteiger partial charge in [0, 0.05) is 17.2 Å². The van der Waals surface area contributed by atoms with Gasteiger partial charge in [0.15, 0.2) is 17.5 Å². The molecule has 0 saturated carbocycles. The van der Waals surface area contributed by atoms with E-state index in [1.807, 2.05) is 0 Å². The van der Waals surface area contributed by atoms with E-state index in [0.717, 1.165) is 12.1 Å². The molecule has 0 aliphatic carbocycles. The third-order valence-corrected chi connectivity index (χ3v) is 4.27. The van der Waals surface area contributed by atoms with Crippen LogP contribution in [0, 0.1) is 17.5 Å². The summed E-state index contributed by atoms with van der Waals surface area (Å²) in [5, 5.41) is 9.36. The molecule has 0 aliphatic rings. The van der Waals surface area contributed by atoms with Crippen molar-refractivity contribution < 1.29 is 32.5 Å². The van der Waals surface area contributed by atoms with Gasteiger partial charge in [0.2, 0.25) is 11.5 Å². The first kappa shape index (κ1) is 22.1. The maximum absolute atomic E-state index is 14.0. The molecule has 0 saturated heterocycles. The number of benzene rings is 2. The fourth-order valence-electron chi connectivity index (χ4n) is 2.67. The molecule has 0 aliphatic heterocycles. The van der Waals surface area contributed by atoms with E-state index in [1.165, 1.54) is 44.2 Å².